The fourth-order valence-corrected chi connectivity index (χ4v) is 2.80. The van der Waals surface area contributed by atoms with Crippen molar-refractivity contribution in [1.29, 1.82) is 0 Å². The molecule has 0 amide bonds. The van der Waals surface area contributed by atoms with E-state index in [1.54, 1.807) is 30.5 Å². The van der Waals surface area contributed by atoms with Gasteiger partial charge in [0.25, 0.3) is 0 Å². The van der Waals surface area contributed by atoms with Crippen LogP contribution in [0.2, 0.25) is 0 Å². The van der Waals surface area contributed by atoms with Crippen LogP contribution in [0.5, 0.6) is 11.5 Å². The molecule has 5 heteroatoms. The van der Waals surface area contributed by atoms with Crippen LogP contribution in [0.25, 0.3) is 0 Å². The van der Waals surface area contributed by atoms with Crippen LogP contribution in [0.4, 0.5) is 11.4 Å². The van der Waals surface area contributed by atoms with Gasteiger partial charge in [-0.25, -0.2) is 4.79 Å². The zero-order valence-corrected chi connectivity index (χ0v) is 18.2. The summed E-state index contributed by atoms with van der Waals surface area (Å²) in [5.41, 5.74) is 3.30. The van der Waals surface area contributed by atoms with Crippen LogP contribution in [-0.2, 0) is 0 Å². The van der Waals surface area contributed by atoms with E-state index < -0.39 is 0 Å². The molecule has 0 radical (unpaired) electrons. The number of ether oxygens (including phenoxy) is 2. The van der Waals surface area contributed by atoms with Crippen molar-refractivity contribution in [3.05, 3.63) is 83.9 Å². The van der Waals surface area contributed by atoms with Crippen LogP contribution in [0, 0.1) is 0 Å². The monoisotopic (exact) mass is 416 g/mol. The van der Waals surface area contributed by atoms with Crippen LogP contribution < -0.4 is 14.4 Å². The smallest absolute Gasteiger partial charge is 0.343 e. The third kappa shape index (κ3) is 6.71. The molecule has 0 fully saturated rings. The van der Waals surface area contributed by atoms with Crippen LogP contribution in [0.1, 0.15) is 35.7 Å². The lowest BCUT2D eigenvalue weighted by Crippen LogP contribution is -2.11. The molecule has 0 aromatic heterocycles. The highest BCUT2D eigenvalue weighted by atomic mass is 16.5. The Morgan fingerprint density at radius 1 is 0.903 bits per heavy atom. The molecule has 0 heterocycles. The Bertz CT molecular complexity index is 992. The molecule has 3 aromatic carbocycles. The number of carbonyl (C=O) groups is 1. The highest BCUT2D eigenvalue weighted by Gasteiger charge is 2.09. The Morgan fingerprint density at radius 3 is 2.16 bits per heavy atom. The van der Waals surface area contributed by atoms with Crippen molar-refractivity contribution in [1.82, 2.24) is 0 Å². The van der Waals surface area contributed by atoms with Gasteiger partial charge in [0.1, 0.15) is 11.5 Å². The first kappa shape index (κ1) is 22.1. The highest BCUT2D eigenvalue weighted by Crippen LogP contribution is 2.19. The zero-order valence-electron chi connectivity index (χ0n) is 18.2. The van der Waals surface area contributed by atoms with Gasteiger partial charge in [0.2, 0.25) is 0 Å². The predicted octanol–water partition coefficient (Wildman–Crippen LogP) is 5.90. The molecule has 0 N–H and O–H groups in total. The van der Waals surface area contributed by atoms with Crippen molar-refractivity contribution in [2.45, 2.75) is 19.8 Å². The lowest BCUT2D eigenvalue weighted by molar-refractivity contribution is 0.0735. The summed E-state index contributed by atoms with van der Waals surface area (Å²) >= 11 is 0. The number of anilines is 1. The first-order valence-corrected chi connectivity index (χ1v) is 10.4. The van der Waals surface area contributed by atoms with Crippen molar-refractivity contribution < 1.29 is 14.3 Å². The lowest BCUT2D eigenvalue weighted by Gasteiger charge is -2.12. The van der Waals surface area contributed by atoms with E-state index in [4.69, 9.17) is 9.47 Å². The fraction of sp³-hybridized carbons (Fsp3) is 0.231. The minimum absolute atomic E-state index is 0.382. The average molecular weight is 417 g/mol. The summed E-state index contributed by atoms with van der Waals surface area (Å²) in [5.74, 6) is 0.968. The van der Waals surface area contributed by atoms with E-state index in [1.165, 1.54) is 0 Å². The van der Waals surface area contributed by atoms with E-state index in [1.807, 2.05) is 67.5 Å². The first-order valence-electron chi connectivity index (χ1n) is 10.4. The Labute approximate surface area is 184 Å². The van der Waals surface area contributed by atoms with E-state index in [9.17, 15) is 4.79 Å². The molecule has 0 bridgehead atoms. The van der Waals surface area contributed by atoms with E-state index in [2.05, 4.69) is 11.9 Å². The standard InChI is InChI=1S/C26H28N2O3/c1-4-5-18-30-24-16-10-22(11-17-24)27-19-20-6-14-25(15-7-20)31-26(29)21-8-12-23(13-9-21)28(2)3/h6-17,19H,4-5,18H2,1-3H3. The van der Waals surface area contributed by atoms with Crippen molar-refractivity contribution in [2.75, 3.05) is 25.6 Å². The second-order valence-electron chi connectivity index (χ2n) is 7.35. The van der Waals surface area contributed by atoms with E-state index in [-0.39, 0.29) is 5.97 Å². The van der Waals surface area contributed by atoms with Crippen molar-refractivity contribution in [3.63, 3.8) is 0 Å². The number of esters is 1. The molecule has 0 saturated carbocycles. The number of hydrogen-bond donors (Lipinski definition) is 0. The number of aliphatic imine (C=N–C) groups is 1. The lowest BCUT2D eigenvalue weighted by atomic mass is 10.2. The van der Waals surface area contributed by atoms with Crippen LogP contribution >= 0.6 is 0 Å². The zero-order chi connectivity index (χ0) is 22.1. The number of nitrogens with zero attached hydrogens (tertiary/aromatic N) is 2. The molecule has 0 spiro atoms. The second kappa shape index (κ2) is 11.0. The molecule has 3 rings (SSSR count). The molecule has 0 aliphatic rings. The largest absolute Gasteiger partial charge is 0.494 e. The Hall–Kier alpha value is -3.60. The minimum Gasteiger partial charge on any atom is -0.494 e. The molecular formula is C26H28N2O3. The van der Waals surface area contributed by atoms with E-state index in [0.717, 1.165) is 42.1 Å². The number of carbonyl (C=O) groups excluding carboxylic acids is 1. The summed E-state index contributed by atoms with van der Waals surface area (Å²) in [4.78, 5) is 18.8. The Balaban J connectivity index is 1.55. The maximum atomic E-state index is 12.3. The third-order valence-electron chi connectivity index (χ3n) is 4.68. The van der Waals surface area contributed by atoms with Gasteiger partial charge >= 0.3 is 5.97 Å². The van der Waals surface area contributed by atoms with E-state index in [0.29, 0.717) is 11.3 Å². The number of hydrogen-bond acceptors (Lipinski definition) is 5. The van der Waals surface area contributed by atoms with Gasteiger partial charge in [-0.15, -0.1) is 0 Å². The molecule has 0 saturated heterocycles. The summed E-state index contributed by atoms with van der Waals surface area (Å²) < 4.78 is 11.1. The minimum atomic E-state index is -0.382. The summed E-state index contributed by atoms with van der Waals surface area (Å²) in [5, 5.41) is 0. The van der Waals surface area contributed by atoms with Gasteiger partial charge in [-0.2, -0.15) is 0 Å². The van der Waals surface area contributed by atoms with Crippen molar-refractivity contribution in [2.24, 2.45) is 4.99 Å². The second-order valence-corrected chi connectivity index (χ2v) is 7.35. The number of unbranched alkanes of at least 4 members (excludes halogenated alkanes) is 1. The van der Waals surface area contributed by atoms with Gasteiger partial charge in [-0.3, -0.25) is 4.99 Å². The third-order valence-corrected chi connectivity index (χ3v) is 4.68. The van der Waals surface area contributed by atoms with Crippen molar-refractivity contribution >= 4 is 23.6 Å². The maximum absolute atomic E-state index is 12.3. The molecule has 0 atom stereocenters. The maximum Gasteiger partial charge on any atom is 0.343 e. The van der Waals surface area contributed by atoms with Gasteiger partial charge in [0.15, 0.2) is 0 Å². The Kier molecular flexibility index (Phi) is 7.82. The SMILES string of the molecule is CCCCOc1ccc(N=Cc2ccc(OC(=O)c3ccc(N(C)C)cc3)cc2)cc1. The normalized spacial score (nSPS) is 10.8. The first-order chi connectivity index (χ1) is 15.0. The van der Waals surface area contributed by atoms with Crippen LogP contribution in [0.3, 0.4) is 0 Å². The Morgan fingerprint density at radius 2 is 1.55 bits per heavy atom. The van der Waals surface area contributed by atoms with Gasteiger partial charge < -0.3 is 14.4 Å². The van der Waals surface area contributed by atoms with Gasteiger partial charge in [-0.1, -0.05) is 13.3 Å². The van der Waals surface area contributed by atoms with Gasteiger partial charge in [0, 0.05) is 26.0 Å². The van der Waals surface area contributed by atoms with Crippen LogP contribution in [-0.4, -0.2) is 32.9 Å². The highest BCUT2D eigenvalue weighted by molar-refractivity contribution is 5.91. The molecule has 3 aromatic rings. The van der Waals surface area contributed by atoms with Gasteiger partial charge in [0.05, 0.1) is 17.9 Å². The van der Waals surface area contributed by atoms with Gasteiger partial charge in [-0.05, 0) is 84.8 Å². The van der Waals surface area contributed by atoms with Crippen molar-refractivity contribution in [3.8, 4) is 11.5 Å². The summed E-state index contributed by atoms with van der Waals surface area (Å²) in [6.45, 7) is 2.87. The average Bonchev–Trinajstić information content (AvgIpc) is 2.79. The summed E-state index contributed by atoms with van der Waals surface area (Å²) in [7, 11) is 3.91. The molecule has 160 valence electrons. The summed E-state index contributed by atoms with van der Waals surface area (Å²) in [6, 6.07) is 22.3. The number of benzene rings is 3. The molecule has 0 aliphatic carbocycles. The quantitative estimate of drug-likeness (QED) is 0.189. The molecule has 0 aliphatic heterocycles. The molecule has 31 heavy (non-hydrogen) atoms. The summed E-state index contributed by atoms with van der Waals surface area (Å²) in [6.07, 6.45) is 3.94. The predicted molar refractivity (Wildman–Crippen MR) is 126 cm³/mol. The topological polar surface area (TPSA) is 51.1 Å². The molecule has 0 unspecified atom stereocenters. The van der Waals surface area contributed by atoms with Crippen LogP contribution in [0.15, 0.2) is 77.8 Å². The number of rotatable bonds is 9. The van der Waals surface area contributed by atoms with E-state index >= 15 is 0 Å². The fourth-order valence-electron chi connectivity index (χ4n) is 2.80. The molecular weight excluding hydrogens is 388 g/mol. The molecule has 5 nitrogen and oxygen atoms in total.